The highest BCUT2D eigenvalue weighted by atomic mass is 32.2. The van der Waals surface area contributed by atoms with Crippen molar-refractivity contribution in [2.75, 3.05) is 44.3 Å². The maximum Gasteiger partial charge on any atom is 0.253 e. The van der Waals surface area contributed by atoms with E-state index in [1.807, 2.05) is 4.90 Å². The molecule has 180 valence electrons. The summed E-state index contributed by atoms with van der Waals surface area (Å²) in [5, 5.41) is 2.78. The van der Waals surface area contributed by atoms with Crippen LogP contribution in [0.1, 0.15) is 42.7 Å². The molecule has 10 heteroatoms. The Hall–Kier alpha value is -2.56. The number of carbonyl (C=O) groups excluding carboxylic acids is 1. The quantitative estimate of drug-likeness (QED) is 0.626. The lowest BCUT2D eigenvalue weighted by atomic mass is 10.1. The van der Waals surface area contributed by atoms with Gasteiger partial charge in [0.1, 0.15) is 0 Å². The summed E-state index contributed by atoms with van der Waals surface area (Å²) in [7, 11) is -3.78. The van der Waals surface area contributed by atoms with E-state index in [1.54, 1.807) is 26.8 Å². The molecule has 1 aliphatic rings. The highest BCUT2D eigenvalue weighted by Gasteiger charge is 2.27. The number of carbonyl (C=O) groups is 1. The molecule has 1 heterocycles. The topological polar surface area (TPSA) is 79.0 Å². The molecule has 1 fully saturated rings. The molecule has 1 saturated heterocycles. The predicted molar refractivity (Wildman–Crippen MR) is 122 cm³/mol. The average Bonchev–Trinajstić information content (AvgIpc) is 2.81. The van der Waals surface area contributed by atoms with Crippen LogP contribution >= 0.6 is 0 Å². The molecule has 7 nitrogen and oxygen atoms in total. The number of amides is 1. The van der Waals surface area contributed by atoms with Crippen LogP contribution in [0.3, 0.4) is 0 Å². The number of halogens is 2. The standard InChI is InChI=1S/C23H29F2N3O4S/c1-4-28(5-2)33(30,31)18-7-9-22(27-10-12-32-13-11-27)19(15-18)23(29)26-16(3)17-6-8-20(24)21(25)14-17/h6-9,14-16H,4-5,10-13H2,1-3H3,(H,26,29). The molecule has 1 aliphatic heterocycles. The van der Waals surface area contributed by atoms with E-state index in [2.05, 4.69) is 5.32 Å². The molecule has 33 heavy (non-hydrogen) atoms. The van der Waals surface area contributed by atoms with E-state index in [9.17, 15) is 22.0 Å². The van der Waals surface area contributed by atoms with Crippen molar-refractivity contribution in [1.82, 2.24) is 9.62 Å². The largest absolute Gasteiger partial charge is 0.378 e. The maximum atomic E-state index is 13.7. The van der Waals surface area contributed by atoms with E-state index in [0.717, 1.165) is 12.1 Å². The molecule has 1 amide bonds. The lowest BCUT2D eigenvalue weighted by Gasteiger charge is -2.31. The van der Waals surface area contributed by atoms with Gasteiger partial charge in [0.2, 0.25) is 10.0 Å². The van der Waals surface area contributed by atoms with Crippen LogP contribution in [0, 0.1) is 11.6 Å². The maximum absolute atomic E-state index is 13.7. The fraction of sp³-hybridized carbons (Fsp3) is 0.435. The van der Waals surface area contributed by atoms with Gasteiger partial charge in [-0.25, -0.2) is 17.2 Å². The van der Waals surface area contributed by atoms with E-state index in [1.165, 1.54) is 22.5 Å². The third-order valence-electron chi connectivity index (χ3n) is 5.70. The molecule has 3 rings (SSSR count). The molecule has 0 aliphatic carbocycles. The Bertz CT molecular complexity index is 1100. The smallest absolute Gasteiger partial charge is 0.253 e. The van der Waals surface area contributed by atoms with Gasteiger partial charge in [-0.1, -0.05) is 19.9 Å². The summed E-state index contributed by atoms with van der Waals surface area (Å²) < 4.78 is 59.8. The van der Waals surface area contributed by atoms with Crippen LogP contribution in [-0.4, -0.2) is 58.0 Å². The van der Waals surface area contributed by atoms with Gasteiger partial charge < -0.3 is 15.0 Å². The van der Waals surface area contributed by atoms with Crippen LogP contribution in [-0.2, 0) is 14.8 Å². The zero-order chi connectivity index (χ0) is 24.2. The van der Waals surface area contributed by atoms with Crippen molar-refractivity contribution < 1.29 is 26.7 Å². The van der Waals surface area contributed by atoms with Gasteiger partial charge in [-0.2, -0.15) is 4.31 Å². The second-order valence-electron chi connectivity index (χ2n) is 7.74. The normalized spacial score (nSPS) is 15.5. The zero-order valence-corrected chi connectivity index (χ0v) is 19.8. The first kappa shape index (κ1) is 25.1. The molecular formula is C23H29F2N3O4S. The van der Waals surface area contributed by atoms with E-state index in [0.29, 0.717) is 50.6 Å². The van der Waals surface area contributed by atoms with Crippen LogP contribution in [0.15, 0.2) is 41.3 Å². The fourth-order valence-electron chi connectivity index (χ4n) is 3.79. The van der Waals surface area contributed by atoms with Crippen molar-refractivity contribution >= 4 is 21.6 Å². The number of sulfonamides is 1. The monoisotopic (exact) mass is 481 g/mol. The van der Waals surface area contributed by atoms with Gasteiger partial charge in [0.15, 0.2) is 11.6 Å². The summed E-state index contributed by atoms with van der Waals surface area (Å²) >= 11 is 0. The van der Waals surface area contributed by atoms with Crippen molar-refractivity contribution in [3.05, 3.63) is 59.2 Å². The van der Waals surface area contributed by atoms with Gasteiger partial charge in [-0.3, -0.25) is 4.79 Å². The Morgan fingerprint density at radius 2 is 1.76 bits per heavy atom. The average molecular weight is 482 g/mol. The molecule has 0 aromatic heterocycles. The van der Waals surface area contributed by atoms with Crippen molar-refractivity contribution in [3.63, 3.8) is 0 Å². The lowest BCUT2D eigenvalue weighted by Crippen LogP contribution is -2.38. The molecule has 0 spiro atoms. The van der Waals surface area contributed by atoms with Crippen molar-refractivity contribution in [2.45, 2.75) is 31.7 Å². The Kier molecular flexibility index (Phi) is 8.04. The molecule has 1 atom stereocenters. The van der Waals surface area contributed by atoms with E-state index < -0.39 is 33.6 Å². The molecule has 2 aromatic rings. The highest BCUT2D eigenvalue weighted by molar-refractivity contribution is 7.89. The number of hydrogen-bond donors (Lipinski definition) is 1. The van der Waals surface area contributed by atoms with Gasteiger partial charge in [-0.15, -0.1) is 0 Å². The van der Waals surface area contributed by atoms with Gasteiger partial charge in [0, 0.05) is 31.9 Å². The van der Waals surface area contributed by atoms with Crippen LogP contribution in [0.25, 0.3) is 0 Å². The minimum Gasteiger partial charge on any atom is -0.378 e. The van der Waals surface area contributed by atoms with E-state index in [-0.39, 0.29) is 10.5 Å². The van der Waals surface area contributed by atoms with Crippen LogP contribution in [0.4, 0.5) is 14.5 Å². The SMILES string of the molecule is CCN(CC)S(=O)(=O)c1ccc(N2CCOCC2)c(C(=O)NC(C)c2ccc(F)c(F)c2)c1. The first-order valence-corrected chi connectivity index (χ1v) is 12.4. The fourth-order valence-corrected chi connectivity index (χ4v) is 5.27. The number of rotatable bonds is 8. The second-order valence-corrected chi connectivity index (χ2v) is 9.67. The van der Waals surface area contributed by atoms with Crippen molar-refractivity contribution in [1.29, 1.82) is 0 Å². The number of anilines is 1. The zero-order valence-electron chi connectivity index (χ0n) is 19.0. The summed E-state index contributed by atoms with van der Waals surface area (Å²) in [6, 6.07) is 7.33. The highest BCUT2D eigenvalue weighted by Crippen LogP contribution is 2.28. The Morgan fingerprint density at radius 3 is 2.36 bits per heavy atom. The number of morpholine rings is 1. The van der Waals surface area contributed by atoms with Gasteiger partial charge in [-0.05, 0) is 42.8 Å². The first-order chi connectivity index (χ1) is 15.7. The summed E-state index contributed by atoms with van der Waals surface area (Å²) in [5.74, 6) is -2.48. The summed E-state index contributed by atoms with van der Waals surface area (Å²) in [6.07, 6.45) is 0. The number of benzene rings is 2. The molecule has 2 aromatic carbocycles. The van der Waals surface area contributed by atoms with Gasteiger partial charge in [0.25, 0.3) is 5.91 Å². The number of hydrogen-bond acceptors (Lipinski definition) is 5. The number of nitrogens with one attached hydrogen (secondary N) is 1. The minimum absolute atomic E-state index is 0.0221. The molecular weight excluding hydrogens is 452 g/mol. The Labute approximate surface area is 193 Å². The molecule has 0 saturated carbocycles. The molecule has 1 N–H and O–H groups in total. The summed E-state index contributed by atoms with van der Waals surface area (Å²) in [5.41, 5.74) is 1.17. The number of ether oxygens (including phenoxy) is 1. The van der Waals surface area contributed by atoms with Crippen LogP contribution < -0.4 is 10.2 Å². The Morgan fingerprint density at radius 1 is 1.09 bits per heavy atom. The van der Waals surface area contributed by atoms with Crippen LogP contribution in [0.5, 0.6) is 0 Å². The van der Waals surface area contributed by atoms with Crippen LogP contribution in [0.2, 0.25) is 0 Å². The predicted octanol–water partition coefficient (Wildman–Crippen LogP) is 3.32. The molecule has 0 radical (unpaired) electrons. The minimum atomic E-state index is -3.78. The Balaban J connectivity index is 1.98. The lowest BCUT2D eigenvalue weighted by molar-refractivity contribution is 0.0938. The number of nitrogens with zero attached hydrogens (tertiary/aromatic N) is 2. The summed E-state index contributed by atoms with van der Waals surface area (Å²) in [4.78, 5) is 15.3. The van der Waals surface area contributed by atoms with Gasteiger partial charge >= 0.3 is 0 Å². The van der Waals surface area contributed by atoms with E-state index >= 15 is 0 Å². The van der Waals surface area contributed by atoms with Crippen molar-refractivity contribution in [3.8, 4) is 0 Å². The first-order valence-electron chi connectivity index (χ1n) is 10.9. The van der Waals surface area contributed by atoms with E-state index in [4.69, 9.17) is 4.74 Å². The van der Waals surface area contributed by atoms with Crippen molar-refractivity contribution in [2.24, 2.45) is 0 Å². The third kappa shape index (κ3) is 5.51. The third-order valence-corrected chi connectivity index (χ3v) is 7.74. The molecule has 0 bridgehead atoms. The summed E-state index contributed by atoms with van der Waals surface area (Å²) in [6.45, 7) is 7.85. The van der Waals surface area contributed by atoms with Gasteiger partial charge in [0.05, 0.1) is 29.7 Å². The second kappa shape index (κ2) is 10.6. The molecule has 1 unspecified atom stereocenters.